The van der Waals surface area contributed by atoms with Gasteiger partial charge in [-0.3, -0.25) is 0 Å². The van der Waals surface area contributed by atoms with Crippen LogP contribution in [0, 0.1) is 0 Å². The van der Waals surface area contributed by atoms with Crippen LogP contribution in [0.15, 0.2) is 194 Å². The molecule has 0 amide bonds. The van der Waals surface area contributed by atoms with Crippen molar-refractivity contribution in [1.82, 2.24) is 0 Å². The van der Waals surface area contributed by atoms with E-state index >= 15 is 0 Å². The normalized spacial score (nSPS) is 13.6. The summed E-state index contributed by atoms with van der Waals surface area (Å²) in [5.74, 6) is 0. The summed E-state index contributed by atoms with van der Waals surface area (Å²) in [4.78, 5) is 0. The van der Waals surface area contributed by atoms with Gasteiger partial charge >= 0.3 is 0 Å². The van der Waals surface area contributed by atoms with Gasteiger partial charge in [0.15, 0.2) is 0 Å². The van der Waals surface area contributed by atoms with Crippen molar-refractivity contribution in [3.8, 4) is 66.8 Å². The lowest BCUT2D eigenvalue weighted by Gasteiger charge is -2.32. The van der Waals surface area contributed by atoms with Gasteiger partial charge in [0.05, 0.1) is 5.41 Å². The summed E-state index contributed by atoms with van der Waals surface area (Å²) in [5, 5.41) is 7.86. The second-order valence-electron chi connectivity index (χ2n) is 15.5. The van der Waals surface area contributed by atoms with Crippen molar-refractivity contribution < 1.29 is 0 Å². The fourth-order valence-electron chi connectivity index (χ4n) is 10.9. The summed E-state index contributed by atoms with van der Waals surface area (Å²) in [6.07, 6.45) is 0. The van der Waals surface area contributed by atoms with Gasteiger partial charge < -0.3 is 0 Å². The average molecular weight is 693 g/mol. The second-order valence-corrected chi connectivity index (χ2v) is 15.5. The third-order valence-corrected chi connectivity index (χ3v) is 13.0. The molecule has 0 radical (unpaired) electrons. The summed E-state index contributed by atoms with van der Waals surface area (Å²) in [7, 11) is 0. The first-order valence-corrected chi connectivity index (χ1v) is 19.4. The minimum Gasteiger partial charge on any atom is -0.0619 e. The number of fused-ring (bicyclic) bond motifs is 17. The van der Waals surface area contributed by atoms with Gasteiger partial charge in [0.25, 0.3) is 0 Å². The van der Waals surface area contributed by atoms with Crippen LogP contribution in [0.3, 0.4) is 0 Å². The Balaban J connectivity index is 1.11. The highest BCUT2D eigenvalue weighted by Crippen LogP contribution is 2.65. The molecule has 0 heterocycles. The highest BCUT2D eigenvalue weighted by molar-refractivity contribution is 6.19. The standard InChI is InChI=1S/C55H32/c1-2-16-37-33(13-1)27-28-47-53-45-22-6-5-19-40(45)48(32-51(53)55(54(37)47)49-25-9-7-20-41(49)42-21-8-10-26-50(42)55)35-15-11-14-34(31-35)36-29-30-46-39-18-4-3-17-38(39)44-24-12-23-43(36)52(44)46/h1-32H. The van der Waals surface area contributed by atoms with Gasteiger partial charge in [0.2, 0.25) is 0 Å². The van der Waals surface area contributed by atoms with E-state index in [0.29, 0.717) is 0 Å². The number of hydrogen-bond donors (Lipinski definition) is 0. The molecule has 10 aromatic carbocycles. The molecule has 0 nitrogen and oxygen atoms in total. The SMILES string of the molecule is c1cc(-c2cc3c(c4ccccc24)-c2ccc4ccccc4c2C32c3ccccc3-c3ccccc32)cc(-c2ccc3c4c(cccc24)-c2ccccc2-3)c1. The maximum absolute atomic E-state index is 2.56. The minimum atomic E-state index is -0.457. The number of rotatable bonds is 2. The highest BCUT2D eigenvalue weighted by Gasteiger charge is 2.53. The van der Waals surface area contributed by atoms with E-state index in [-0.39, 0.29) is 0 Å². The maximum atomic E-state index is 2.56. The van der Waals surface area contributed by atoms with Crippen LogP contribution in [0.4, 0.5) is 0 Å². The summed E-state index contributed by atoms with van der Waals surface area (Å²) in [6.45, 7) is 0. The molecule has 0 fully saturated rings. The Morgan fingerprint density at radius 3 is 1.56 bits per heavy atom. The van der Waals surface area contributed by atoms with Crippen LogP contribution in [-0.2, 0) is 5.41 Å². The lowest BCUT2D eigenvalue weighted by molar-refractivity contribution is 0.802. The topological polar surface area (TPSA) is 0 Å². The van der Waals surface area contributed by atoms with E-state index < -0.39 is 5.41 Å². The molecule has 0 N–H and O–H groups in total. The van der Waals surface area contributed by atoms with Crippen LogP contribution in [0.1, 0.15) is 22.3 Å². The smallest absolute Gasteiger partial charge is 0.0619 e. The molecular weight excluding hydrogens is 661 g/mol. The molecule has 0 unspecified atom stereocenters. The number of benzene rings is 10. The van der Waals surface area contributed by atoms with Crippen molar-refractivity contribution >= 4 is 32.3 Å². The summed E-state index contributed by atoms with van der Waals surface area (Å²) >= 11 is 0. The molecule has 3 aliphatic rings. The lowest BCUT2D eigenvalue weighted by Crippen LogP contribution is -2.26. The first-order valence-electron chi connectivity index (χ1n) is 19.4. The van der Waals surface area contributed by atoms with E-state index in [1.807, 2.05) is 0 Å². The van der Waals surface area contributed by atoms with Crippen LogP contribution < -0.4 is 0 Å². The Morgan fingerprint density at radius 2 is 0.800 bits per heavy atom. The zero-order chi connectivity index (χ0) is 35.8. The van der Waals surface area contributed by atoms with E-state index in [9.17, 15) is 0 Å². The molecule has 252 valence electrons. The largest absolute Gasteiger partial charge is 0.0731 e. The Morgan fingerprint density at radius 1 is 0.273 bits per heavy atom. The van der Waals surface area contributed by atoms with Gasteiger partial charge in [-0.2, -0.15) is 0 Å². The van der Waals surface area contributed by atoms with Crippen molar-refractivity contribution in [3.05, 3.63) is 216 Å². The summed E-state index contributed by atoms with van der Waals surface area (Å²) in [5.41, 5.74) is 20.8. The van der Waals surface area contributed by atoms with Gasteiger partial charge in [0, 0.05) is 0 Å². The molecule has 0 bridgehead atoms. The molecule has 0 aliphatic heterocycles. The van der Waals surface area contributed by atoms with Gasteiger partial charge in [-0.15, -0.1) is 0 Å². The van der Waals surface area contributed by atoms with E-state index in [1.54, 1.807) is 0 Å². The Bertz CT molecular complexity index is 3250. The summed E-state index contributed by atoms with van der Waals surface area (Å²) < 4.78 is 0. The first-order chi connectivity index (χ1) is 27.3. The third kappa shape index (κ3) is 3.62. The Labute approximate surface area is 319 Å². The fraction of sp³-hybridized carbons (Fsp3) is 0.0182. The van der Waals surface area contributed by atoms with Crippen molar-refractivity contribution in [3.63, 3.8) is 0 Å². The van der Waals surface area contributed by atoms with E-state index in [4.69, 9.17) is 0 Å². The molecule has 13 rings (SSSR count). The maximum Gasteiger partial charge on any atom is 0.0731 e. The predicted molar refractivity (Wildman–Crippen MR) is 231 cm³/mol. The molecule has 0 saturated heterocycles. The number of hydrogen-bond acceptors (Lipinski definition) is 0. The van der Waals surface area contributed by atoms with E-state index in [1.165, 1.54) is 121 Å². The van der Waals surface area contributed by atoms with Gasteiger partial charge in [-0.05, 0) is 133 Å². The van der Waals surface area contributed by atoms with Gasteiger partial charge in [-0.1, -0.05) is 182 Å². The van der Waals surface area contributed by atoms with Crippen LogP contribution >= 0.6 is 0 Å². The molecule has 3 aliphatic carbocycles. The fourth-order valence-corrected chi connectivity index (χ4v) is 10.9. The molecule has 0 aromatic heterocycles. The van der Waals surface area contributed by atoms with Crippen molar-refractivity contribution in [1.29, 1.82) is 0 Å². The summed E-state index contributed by atoms with van der Waals surface area (Å²) in [6, 6.07) is 73.3. The van der Waals surface area contributed by atoms with E-state index in [2.05, 4.69) is 194 Å². The molecular formula is C55H32. The first kappa shape index (κ1) is 29.4. The third-order valence-electron chi connectivity index (χ3n) is 13.0. The average Bonchev–Trinajstić information content (AvgIpc) is 3.86. The monoisotopic (exact) mass is 692 g/mol. The van der Waals surface area contributed by atoms with Crippen molar-refractivity contribution in [2.75, 3.05) is 0 Å². The predicted octanol–water partition coefficient (Wildman–Crippen LogP) is 14.5. The molecule has 0 heteroatoms. The zero-order valence-corrected chi connectivity index (χ0v) is 30.0. The Hall–Kier alpha value is -7.02. The lowest BCUT2D eigenvalue weighted by atomic mass is 9.69. The van der Waals surface area contributed by atoms with Crippen LogP contribution in [0.25, 0.3) is 99.1 Å². The molecule has 1 spiro atoms. The van der Waals surface area contributed by atoms with Crippen molar-refractivity contribution in [2.45, 2.75) is 5.41 Å². The molecule has 0 saturated carbocycles. The second kappa shape index (κ2) is 10.6. The zero-order valence-electron chi connectivity index (χ0n) is 30.0. The van der Waals surface area contributed by atoms with E-state index in [0.717, 1.165) is 0 Å². The van der Waals surface area contributed by atoms with Crippen LogP contribution in [0.5, 0.6) is 0 Å². The Kier molecular flexibility index (Phi) is 5.65. The molecule has 10 aromatic rings. The van der Waals surface area contributed by atoms with Crippen molar-refractivity contribution in [2.24, 2.45) is 0 Å². The van der Waals surface area contributed by atoms with Gasteiger partial charge in [0.1, 0.15) is 0 Å². The van der Waals surface area contributed by atoms with Crippen LogP contribution in [-0.4, -0.2) is 0 Å². The van der Waals surface area contributed by atoms with Gasteiger partial charge in [-0.25, -0.2) is 0 Å². The van der Waals surface area contributed by atoms with Crippen LogP contribution in [0.2, 0.25) is 0 Å². The molecule has 55 heavy (non-hydrogen) atoms. The highest BCUT2D eigenvalue weighted by atomic mass is 14.5. The molecule has 0 atom stereocenters. The minimum absolute atomic E-state index is 0.457. The quantitative estimate of drug-likeness (QED) is 0.169.